The molecule has 2 amide bonds. The highest BCUT2D eigenvalue weighted by Gasteiger charge is 2.35. The van der Waals surface area contributed by atoms with E-state index in [1.54, 1.807) is 0 Å². The molecule has 1 fully saturated rings. The number of rotatable bonds is 9. The number of nitrogens with one attached hydrogen (secondary N) is 2. The summed E-state index contributed by atoms with van der Waals surface area (Å²) < 4.78 is 5.61. The largest absolute Gasteiger partial charge is 0.480 e. The van der Waals surface area contributed by atoms with Gasteiger partial charge in [0.1, 0.15) is 12.6 Å². The topological polar surface area (TPSA) is 105 Å². The van der Waals surface area contributed by atoms with E-state index in [0.29, 0.717) is 19.4 Å². The molecule has 2 aromatic carbocycles. The number of ether oxygens (including phenoxy) is 1. The Bertz CT molecular complexity index is 1040. The van der Waals surface area contributed by atoms with Crippen LogP contribution in [0.4, 0.5) is 4.79 Å². The molecule has 7 nitrogen and oxygen atoms in total. The Labute approximate surface area is 206 Å². The van der Waals surface area contributed by atoms with E-state index in [0.717, 1.165) is 24.0 Å². The Morgan fingerprint density at radius 2 is 1.63 bits per heavy atom. The maximum Gasteiger partial charge on any atom is 0.407 e. The zero-order valence-corrected chi connectivity index (χ0v) is 20.3. The van der Waals surface area contributed by atoms with Gasteiger partial charge in [0.15, 0.2) is 0 Å². The molecule has 0 spiro atoms. The second kappa shape index (κ2) is 10.9. The number of carbonyl (C=O) groups excluding carboxylic acids is 2. The smallest absolute Gasteiger partial charge is 0.407 e. The standard InChI is InChI=1S/C28H34N2O5/c1-17(2)14-25(27(32)33)30-26(31)19-13-7-8-18(19)15-29-28(34)35-16-24-22-11-5-3-9-20(22)21-10-4-6-12-23(21)24/h3-6,9-12,17-19,24-25H,7-8,13-16H2,1-2H3,(H,29,34)(H,30,31)(H,32,33)/t18?,19?,25-/m0/s1. The molecule has 2 aliphatic carbocycles. The number of alkyl carbamates (subject to hydrolysis) is 1. The predicted molar refractivity (Wildman–Crippen MR) is 133 cm³/mol. The molecule has 0 radical (unpaired) electrons. The Morgan fingerprint density at radius 1 is 1.00 bits per heavy atom. The molecule has 3 N–H and O–H groups in total. The van der Waals surface area contributed by atoms with Crippen molar-refractivity contribution >= 4 is 18.0 Å². The van der Waals surface area contributed by atoms with Crippen LogP contribution < -0.4 is 10.6 Å². The quantitative estimate of drug-likeness (QED) is 0.490. The van der Waals surface area contributed by atoms with Crippen LogP contribution >= 0.6 is 0 Å². The molecule has 3 atom stereocenters. The fourth-order valence-electron chi connectivity index (χ4n) is 5.46. The summed E-state index contributed by atoms with van der Waals surface area (Å²) in [5.74, 6) is -1.45. The van der Waals surface area contributed by atoms with Gasteiger partial charge in [-0.05, 0) is 53.4 Å². The molecule has 7 heteroatoms. The summed E-state index contributed by atoms with van der Waals surface area (Å²) in [5.41, 5.74) is 4.66. The third kappa shape index (κ3) is 5.66. The van der Waals surface area contributed by atoms with Gasteiger partial charge in [-0.15, -0.1) is 0 Å². The van der Waals surface area contributed by atoms with Crippen molar-refractivity contribution in [2.24, 2.45) is 17.8 Å². The molecule has 0 bridgehead atoms. The number of amides is 2. The van der Waals surface area contributed by atoms with Crippen LogP contribution in [0.1, 0.15) is 56.6 Å². The summed E-state index contributed by atoms with van der Waals surface area (Å²) >= 11 is 0. The minimum atomic E-state index is -1.02. The Kier molecular flexibility index (Phi) is 7.73. The fourth-order valence-corrected chi connectivity index (χ4v) is 5.46. The maximum absolute atomic E-state index is 12.8. The van der Waals surface area contributed by atoms with Gasteiger partial charge in [0.2, 0.25) is 5.91 Å². The van der Waals surface area contributed by atoms with E-state index in [-0.39, 0.29) is 36.2 Å². The minimum Gasteiger partial charge on any atom is -0.480 e. The molecule has 4 rings (SSSR count). The minimum absolute atomic E-state index is 0.00735. The van der Waals surface area contributed by atoms with Crippen molar-refractivity contribution in [1.82, 2.24) is 10.6 Å². The molecule has 0 saturated heterocycles. The van der Waals surface area contributed by atoms with E-state index in [2.05, 4.69) is 34.9 Å². The lowest BCUT2D eigenvalue weighted by Gasteiger charge is -2.23. The van der Waals surface area contributed by atoms with Crippen LogP contribution in [0.15, 0.2) is 48.5 Å². The molecule has 2 aliphatic rings. The van der Waals surface area contributed by atoms with Crippen molar-refractivity contribution in [2.75, 3.05) is 13.2 Å². The molecule has 2 unspecified atom stereocenters. The number of aliphatic carboxylic acids is 1. The number of hydrogen-bond acceptors (Lipinski definition) is 4. The SMILES string of the molecule is CC(C)C[C@H](NC(=O)C1CCCC1CNC(=O)OCC1c2ccccc2-c2ccccc21)C(=O)O. The van der Waals surface area contributed by atoms with Crippen LogP contribution in [0.2, 0.25) is 0 Å². The molecular formula is C28H34N2O5. The van der Waals surface area contributed by atoms with Crippen molar-refractivity contribution in [3.8, 4) is 11.1 Å². The third-order valence-corrected chi connectivity index (χ3v) is 7.17. The summed E-state index contributed by atoms with van der Waals surface area (Å²) in [7, 11) is 0. The van der Waals surface area contributed by atoms with Crippen LogP contribution in [0.3, 0.4) is 0 Å². The Balaban J connectivity index is 1.30. The van der Waals surface area contributed by atoms with Crippen molar-refractivity contribution in [2.45, 2.75) is 51.5 Å². The van der Waals surface area contributed by atoms with Crippen LogP contribution in [0.25, 0.3) is 11.1 Å². The second-order valence-corrected chi connectivity index (χ2v) is 10.0. The average molecular weight is 479 g/mol. The summed E-state index contributed by atoms with van der Waals surface area (Å²) in [5, 5.41) is 15.0. The Hall–Kier alpha value is -3.35. The first-order valence-corrected chi connectivity index (χ1v) is 12.5. The van der Waals surface area contributed by atoms with Crippen molar-refractivity contribution in [3.63, 3.8) is 0 Å². The number of carboxylic acid groups (broad SMARTS) is 1. The number of carboxylic acids is 1. The van der Waals surface area contributed by atoms with E-state index < -0.39 is 18.1 Å². The zero-order valence-electron chi connectivity index (χ0n) is 20.3. The van der Waals surface area contributed by atoms with Gasteiger partial charge < -0.3 is 20.5 Å². The number of hydrogen-bond donors (Lipinski definition) is 3. The first-order chi connectivity index (χ1) is 16.8. The van der Waals surface area contributed by atoms with E-state index in [4.69, 9.17) is 4.74 Å². The highest BCUT2D eigenvalue weighted by atomic mass is 16.5. The summed E-state index contributed by atoms with van der Waals surface area (Å²) in [6, 6.07) is 15.5. The van der Waals surface area contributed by atoms with Crippen molar-refractivity contribution in [3.05, 3.63) is 59.7 Å². The monoisotopic (exact) mass is 478 g/mol. The fraction of sp³-hybridized carbons (Fsp3) is 0.464. The van der Waals surface area contributed by atoms with Gasteiger partial charge in [-0.25, -0.2) is 9.59 Å². The van der Waals surface area contributed by atoms with Gasteiger partial charge in [0, 0.05) is 18.4 Å². The highest BCUT2D eigenvalue weighted by Crippen LogP contribution is 2.44. The molecule has 1 saturated carbocycles. The molecule has 2 aromatic rings. The van der Waals surface area contributed by atoms with Gasteiger partial charge in [0.25, 0.3) is 0 Å². The number of carbonyl (C=O) groups is 3. The second-order valence-electron chi connectivity index (χ2n) is 10.0. The molecule has 0 aliphatic heterocycles. The molecule has 0 aromatic heterocycles. The summed E-state index contributed by atoms with van der Waals surface area (Å²) in [6.45, 7) is 4.43. The van der Waals surface area contributed by atoms with Crippen LogP contribution in [-0.4, -0.2) is 42.3 Å². The normalized spacial score (nSPS) is 19.6. The van der Waals surface area contributed by atoms with Crippen LogP contribution in [0, 0.1) is 17.8 Å². The lowest BCUT2D eigenvalue weighted by Crippen LogP contribution is -2.46. The number of fused-ring (bicyclic) bond motifs is 3. The van der Waals surface area contributed by atoms with Crippen LogP contribution in [-0.2, 0) is 14.3 Å². The lowest BCUT2D eigenvalue weighted by atomic mass is 9.94. The predicted octanol–water partition coefficient (Wildman–Crippen LogP) is 4.56. The Morgan fingerprint density at radius 3 is 2.23 bits per heavy atom. The van der Waals surface area contributed by atoms with E-state index >= 15 is 0 Å². The summed E-state index contributed by atoms with van der Waals surface area (Å²) in [4.78, 5) is 36.9. The lowest BCUT2D eigenvalue weighted by molar-refractivity contribution is -0.143. The highest BCUT2D eigenvalue weighted by molar-refractivity contribution is 5.85. The van der Waals surface area contributed by atoms with Crippen molar-refractivity contribution < 1.29 is 24.2 Å². The maximum atomic E-state index is 12.8. The molecule has 35 heavy (non-hydrogen) atoms. The first-order valence-electron chi connectivity index (χ1n) is 12.5. The zero-order chi connectivity index (χ0) is 24.9. The van der Waals surface area contributed by atoms with Gasteiger partial charge in [-0.1, -0.05) is 68.8 Å². The van der Waals surface area contributed by atoms with E-state index in [1.807, 2.05) is 38.1 Å². The first kappa shape index (κ1) is 24.8. The van der Waals surface area contributed by atoms with Crippen molar-refractivity contribution in [1.29, 1.82) is 0 Å². The number of benzene rings is 2. The average Bonchev–Trinajstić information content (AvgIpc) is 3.43. The van der Waals surface area contributed by atoms with Crippen LogP contribution in [0.5, 0.6) is 0 Å². The van der Waals surface area contributed by atoms with Gasteiger partial charge in [0.05, 0.1) is 0 Å². The summed E-state index contributed by atoms with van der Waals surface area (Å²) in [6.07, 6.45) is 2.26. The molecular weight excluding hydrogens is 444 g/mol. The van der Waals surface area contributed by atoms with Gasteiger partial charge >= 0.3 is 12.1 Å². The van der Waals surface area contributed by atoms with Gasteiger partial charge in [-0.3, -0.25) is 4.79 Å². The molecule has 186 valence electrons. The molecule has 0 heterocycles. The van der Waals surface area contributed by atoms with E-state index in [9.17, 15) is 19.5 Å². The third-order valence-electron chi connectivity index (χ3n) is 7.17. The van der Waals surface area contributed by atoms with Gasteiger partial charge in [-0.2, -0.15) is 0 Å². The van der Waals surface area contributed by atoms with E-state index in [1.165, 1.54) is 11.1 Å².